The molecule has 6 nitrogen and oxygen atoms in total. The molecule has 0 saturated heterocycles. The third-order valence-corrected chi connectivity index (χ3v) is 3.84. The lowest BCUT2D eigenvalue weighted by atomic mass is 10.2. The molecular formula is C16H14Cl2N6. The Morgan fingerprint density at radius 2 is 1.96 bits per heavy atom. The molecule has 24 heavy (non-hydrogen) atoms. The summed E-state index contributed by atoms with van der Waals surface area (Å²) in [6.45, 7) is 2.03. The number of aromatic nitrogens is 4. The van der Waals surface area contributed by atoms with Crippen molar-refractivity contribution in [2.24, 2.45) is 5.10 Å². The predicted molar refractivity (Wildman–Crippen MR) is 96.2 cm³/mol. The number of benzene rings is 2. The SMILES string of the molecule is Cc1ccc(-n2nnnc2C/C=N\Nc2ccc(Cl)cc2Cl)cc1. The minimum Gasteiger partial charge on any atom is -0.277 e. The normalized spacial score (nSPS) is 11.1. The highest BCUT2D eigenvalue weighted by Gasteiger charge is 2.06. The highest BCUT2D eigenvalue weighted by atomic mass is 35.5. The van der Waals surface area contributed by atoms with Crippen molar-refractivity contribution in [1.82, 2.24) is 20.2 Å². The molecule has 0 atom stereocenters. The van der Waals surface area contributed by atoms with Gasteiger partial charge in [-0.3, -0.25) is 5.43 Å². The van der Waals surface area contributed by atoms with Gasteiger partial charge in [0.15, 0.2) is 5.82 Å². The van der Waals surface area contributed by atoms with Crippen LogP contribution in [0, 0.1) is 6.92 Å². The zero-order chi connectivity index (χ0) is 16.9. The number of rotatable bonds is 5. The van der Waals surface area contributed by atoms with Crippen LogP contribution in [0.4, 0.5) is 5.69 Å². The number of hydrogen-bond acceptors (Lipinski definition) is 5. The number of aryl methyl sites for hydroxylation is 1. The maximum absolute atomic E-state index is 6.07. The second kappa shape index (κ2) is 7.42. The molecule has 0 aliphatic heterocycles. The maximum Gasteiger partial charge on any atom is 0.162 e. The van der Waals surface area contributed by atoms with Gasteiger partial charge in [-0.25, -0.2) is 0 Å². The highest BCUT2D eigenvalue weighted by molar-refractivity contribution is 6.36. The van der Waals surface area contributed by atoms with Crippen LogP contribution in [0.2, 0.25) is 10.0 Å². The van der Waals surface area contributed by atoms with Crippen molar-refractivity contribution < 1.29 is 0 Å². The molecule has 0 radical (unpaired) electrons. The minimum absolute atomic E-state index is 0.471. The van der Waals surface area contributed by atoms with Crippen molar-refractivity contribution in [3.05, 3.63) is 63.9 Å². The summed E-state index contributed by atoms with van der Waals surface area (Å²) in [5.41, 5.74) is 5.63. The Bertz CT molecular complexity index is 857. The average molecular weight is 361 g/mol. The summed E-state index contributed by atoms with van der Waals surface area (Å²) < 4.78 is 1.68. The number of anilines is 1. The Labute approximate surface area is 149 Å². The topological polar surface area (TPSA) is 68.0 Å². The molecule has 0 aliphatic carbocycles. The van der Waals surface area contributed by atoms with Gasteiger partial charge in [-0.05, 0) is 47.7 Å². The number of nitrogens with one attached hydrogen (secondary N) is 1. The van der Waals surface area contributed by atoms with Crippen molar-refractivity contribution >= 4 is 35.1 Å². The standard InChI is InChI=1S/C16H14Cl2N6/c1-11-2-5-13(6-3-11)24-16(21-22-23-24)8-9-19-20-15-7-4-12(17)10-14(15)18/h2-7,9-10,20H,8H2,1H3/b19-9-. The van der Waals surface area contributed by atoms with Gasteiger partial charge in [-0.15, -0.1) is 5.10 Å². The zero-order valence-electron chi connectivity index (χ0n) is 12.8. The number of halogens is 2. The van der Waals surface area contributed by atoms with Crippen molar-refractivity contribution in [2.45, 2.75) is 13.3 Å². The van der Waals surface area contributed by atoms with E-state index in [0.29, 0.717) is 28.0 Å². The van der Waals surface area contributed by atoms with Gasteiger partial charge in [0.1, 0.15) is 0 Å². The van der Waals surface area contributed by atoms with E-state index in [1.807, 2.05) is 31.2 Å². The first kappa shape index (κ1) is 16.4. The van der Waals surface area contributed by atoms with Crippen LogP contribution in [0.15, 0.2) is 47.6 Å². The minimum atomic E-state index is 0.471. The van der Waals surface area contributed by atoms with Crippen LogP contribution < -0.4 is 5.43 Å². The summed E-state index contributed by atoms with van der Waals surface area (Å²) in [4.78, 5) is 0. The summed E-state index contributed by atoms with van der Waals surface area (Å²) in [6, 6.07) is 13.1. The van der Waals surface area contributed by atoms with Gasteiger partial charge in [-0.1, -0.05) is 40.9 Å². The Morgan fingerprint density at radius 3 is 2.71 bits per heavy atom. The Kier molecular flexibility index (Phi) is 5.08. The molecule has 0 unspecified atom stereocenters. The third kappa shape index (κ3) is 3.90. The first-order valence-electron chi connectivity index (χ1n) is 7.20. The Balaban J connectivity index is 1.67. The van der Waals surface area contributed by atoms with Crippen molar-refractivity contribution in [3.63, 3.8) is 0 Å². The van der Waals surface area contributed by atoms with Gasteiger partial charge < -0.3 is 0 Å². The van der Waals surface area contributed by atoms with Gasteiger partial charge in [0.2, 0.25) is 0 Å². The van der Waals surface area contributed by atoms with Crippen LogP contribution in [0.5, 0.6) is 0 Å². The van der Waals surface area contributed by atoms with Crippen LogP contribution in [0.25, 0.3) is 5.69 Å². The highest BCUT2D eigenvalue weighted by Crippen LogP contribution is 2.25. The molecule has 3 rings (SSSR count). The fourth-order valence-electron chi connectivity index (χ4n) is 2.04. The largest absolute Gasteiger partial charge is 0.277 e. The quantitative estimate of drug-likeness (QED) is 0.553. The lowest BCUT2D eigenvalue weighted by Gasteiger charge is -2.04. The molecule has 1 heterocycles. The van der Waals surface area contributed by atoms with Gasteiger partial charge in [0.05, 0.1) is 16.4 Å². The molecule has 1 N–H and O–H groups in total. The number of tetrazole rings is 1. The van der Waals surface area contributed by atoms with E-state index in [1.165, 1.54) is 5.56 Å². The Morgan fingerprint density at radius 1 is 1.17 bits per heavy atom. The van der Waals surface area contributed by atoms with E-state index in [9.17, 15) is 0 Å². The predicted octanol–water partition coefficient (Wildman–Crippen LogP) is 3.92. The lowest BCUT2D eigenvalue weighted by molar-refractivity contribution is 0.775. The smallest absolute Gasteiger partial charge is 0.162 e. The molecule has 0 aliphatic rings. The van der Waals surface area contributed by atoms with E-state index >= 15 is 0 Å². The molecule has 0 amide bonds. The van der Waals surface area contributed by atoms with Crippen LogP contribution in [0.3, 0.4) is 0 Å². The van der Waals surface area contributed by atoms with Crippen LogP contribution in [0.1, 0.15) is 11.4 Å². The van der Waals surface area contributed by atoms with Gasteiger partial charge in [0, 0.05) is 17.7 Å². The van der Waals surface area contributed by atoms with E-state index in [0.717, 1.165) is 5.69 Å². The van der Waals surface area contributed by atoms with E-state index in [1.54, 1.807) is 29.1 Å². The molecule has 3 aromatic rings. The lowest BCUT2D eigenvalue weighted by Crippen LogP contribution is -2.04. The molecule has 0 saturated carbocycles. The summed E-state index contributed by atoms with van der Waals surface area (Å²) in [5, 5.41) is 17.0. The molecule has 0 fully saturated rings. The fourth-order valence-corrected chi connectivity index (χ4v) is 2.49. The molecule has 1 aromatic heterocycles. The first-order valence-corrected chi connectivity index (χ1v) is 7.96. The summed E-state index contributed by atoms with van der Waals surface area (Å²) in [5.74, 6) is 0.687. The molecule has 122 valence electrons. The van der Waals surface area contributed by atoms with E-state index in [4.69, 9.17) is 23.2 Å². The molecular weight excluding hydrogens is 347 g/mol. The van der Waals surface area contributed by atoms with Crippen LogP contribution >= 0.6 is 23.2 Å². The number of nitrogens with zero attached hydrogens (tertiary/aromatic N) is 5. The van der Waals surface area contributed by atoms with Crippen molar-refractivity contribution in [2.75, 3.05) is 5.43 Å². The third-order valence-electron chi connectivity index (χ3n) is 3.29. The van der Waals surface area contributed by atoms with Gasteiger partial charge in [0.25, 0.3) is 0 Å². The van der Waals surface area contributed by atoms with Crippen LogP contribution in [-0.2, 0) is 6.42 Å². The monoisotopic (exact) mass is 360 g/mol. The van der Waals surface area contributed by atoms with Crippen molar-refractivity contribution in [1.29, 1.82) is 0 Å². The number of hydrogen-bond donors (Lipinski definition) is 1. The Hall–Kier alpha value is -2.44. The van der Waals surface area contributed by atoms with E-state index < -0.39 is 0 Å². The van der Waals surface area contributed by atoms with E-state index in [2.05, 4.69) is 26.1 Å². The second-order valence-electron chi connectivity index (χ2n) is 5.09. The molecule has 0 bridgehead atoms. The molecule has 2 aromatic carbocycles. The van der Waals surface area contributed by atoms with Gasteiger partial charge >= 0.3 is 0 Å². The molecule has 8 heteroatoms. The summed E-state index contributed by atoms with van der Waals surface area (Å²) >= 11 is 11.9. The first-order chi connectivity index (χ1) is 11.6. The summed E-state index contributed by atoms with van der Waals surface area (Å²) in [6.07, 6.45) is 2.15. The van der Waals surface area contributed by atoms with E-state index in [-0.39, 0.29) is 0 Å². The fraction of sp³-hybridized carbons (Fsp3) is 0.125. The number of hydrazone groups is 1. The average Bonchev–Trinajstić information content (AvgIpc) is 3.02. The van der Waals surface area contributed by atoms with Crippen LogP contribution in [-0.4, -0.2) is 26.4 Å². The summed E-state index contributed by atoms with van der Waals surface area (Å²) in [7, 11) is 0. The van der Waals surface area contributed by atoms with Gasteiger partial charge in [-0.2, -0.15) is 9.78 Å². The molecule has 0 spiro atoms. The zero-order valence-corrected chi connectivity index (χ0v) is 14.3. The second-order valence-corrected chi connectivity index (χ2v) is 5.94. The van der Waals surface area contributed by atoms with Crippen molar-refractivity contribution in [3.8, 4) is 5.69 Å². The maximum atomic E-state index is 6.07.